The van der Waals surface area contributed by atoms with Gasteiger partial charge in [0.15, 0.2) is 0 Å². The quantitative estimate of drug-likeness (QED) is 0.882. The molecule has 2 aromatic heterocycles. The molecule has 0 aromatic carbocycles. The molecule has 0 aliphatic carbocycles. The molecule has 1 aliphatic rings. The van der Waals surface area contributed by atoms with Crippen LogP contribution in [-0.4, -0.2) is 34.7 Å². The van der Waals surface area contributed by atoms with E-state index in [0.717, 1.165) is 36.1 Å². The van der Waals surface area contributed by atoms with Crippen LogP contribution in [-0.2, 0) is 4.74 Å². The van der Waals surface area contributed by atoms with E-state index in [-0.39, 0.29) is 6.04 Å². The van der Waals surface area contributed by atoms with Crippen molar-refractivity contribution in [2.24, 2.45) is 0 Å². The topological polar surface area (TPSA) is 59.9 Å². The Morgan fingerprint density at radius 2 is 2.21 bits per heavy atom. The second-order valence-electron chi connectivity index (χ2n) is 4.55. The molecule has 1 atom stereocenters. The van der Waals surface area contributed by atoms with E-state index in [4.69, 9.17) is 4.74 Å². The van der Waals surface area contributed by atoms with Crippen molar-refractivity contribution in [3.8, 4) is 11.4 Å². The Balaban J connectivity index is 1.96. The lowest BCUT2D eigenvalue weighted by molar-refractivity contribution is 0.0742. The molecule has 1 saturated heterocycles. The standard InChI is InChI=1S/C14H16N4O/c1-10-8-12(11-4-2-3-5-15-11)18-14(17-10)13-9-19-7-6-16-13/h2-5,8,13,16H,6-7,9H2,1H3. The van der Waals surface area contributed by atoms with Crippen LogP contribution in [0.1, 0.15) is 17.6 Å². The van der Waals surface area contributed by atoms with E-state index in [1.54, 1.807) is 6.20 Å². The van der Waals surface area contributed by atoms with Gasteiger partial charge >= 0.3 is 0 Å². The number of nitrogens with zero attached hydrogens (tertiary/aromatic N) is 3. The van der Waals surface area contributed by atoms with Crippen LogP contribution in [0.5, 0.6) is 0 Å². The van der Waals surface area contributed by atoms with Crippen LogP contribution in [0.2, 0.25) is 0 Å². The van der Waals surface area contributed by atoms with E-state index in [2.05, 4.69) is 20.3 Å². The third kappa shape index (κ3) is 2.77. The van der Waals surface area contributed by atoms with Crippen LogP contribution in [0.3, 0.4) is 0 Å². The van der Waals surface area contributed by atoms with E-state index in [9.17, 15) is 0 Å². The minimum atomic E-state index is 0.0658. The molecule has 5 nitrogen and oxygen atoms in total. The van der Waals surface area contributed by atoms with Crippen molar-refractivity contribution in [3.05, 3.63) is 42.0 Å². The first-order valence-corrected chi connectivity index (χ1v) is 6.41. The van der Waals surface area contributed by atoms with Gasteiger partial charge in [-0.25, -0.2) is 9.97 Å². The fraction of sp³-hybridized carbons (Fsp3) is 0.357. The second-order valence-corrected chi connectivity index (χ2v) is 4.55. The Kier molecular flexibility index (Phi) is 3.48. The molecule has 1 N–H and O–H groups in total. The van der Waals surface area contributed by atoms with Gasteiger partial charge in [0.05, 0.1) is 30.6 Å². The number of ether oxygens (including phenoxy) is 1. The van der Waals surface area contributed by atoms with Gasteiger partial charge in [0.25, 0.3) is 0 Å². The lowest BCUT2D eigenvalue weighted by Crippen LogP contribution is -2.35. The van der Waals surface area contributed by atoms with Gasteiger partial charge in [0, 0.05) is 18.4 Å². The summed E-state index contributed by atoms with van der Waals surface area (Å²) in [6, 6.07) is 7.83. The van der Waals surface area contributed by atoms with E-state index in [0.29, 0.717) is 6.61 Å². The SMILES string of the molecule is Cc1cc(-c2ccccn2)nc(C2COCCN2)n1. The Labute approximate surface area is 112 Å². The molecule has 0 saturated carbocycles. The molecule has 0 amide bonds. The first-order valence-electron chi connectivity index (χ1n) is 6.41. The summed E-state index contributed by atoms with van der Waals surface area (Å²) in [5.74, 6) is 0.778. The highest BCUT2D eigenvalue weighted by molar-refractivity contribution is 5.53. The number of aromatic nitrogens is 3. The average Bonchev–Trinajstić information content (AvgIpc) is 2.48. The van der Waals surface area contributed by atoms with Gasteiger partial charge < -0.3 is 10.1 Å². The molecule has 5 heteroatoms. The lowest BCUT2D eigenvalue weighted by Gasteiger charge is -2.23. The normalized spacial score (nSPS) is 19.3. The number of hydrogen-bond donors (Lipinski definition) is 1. The summed E-state index contributed by atoms with van der Waals surface area (Å²) < 4.78 is 5.46. The highest BCUT2D eigenvalue weighted by Crippen LogP contribution is 2.18. The van der Waals surface area contributed by atoms with Gasteiger partial charge in [-0.1, -0.05) is 6.07 Å². The predicted octanol–water partition coefficient (Wildman–Crippen LogP) is 1.51. The van der Waals surface area contributed by atoms with E-state index in [1.165, 1.54) is 0 Å². The van der Waals surface area contributed by atoms with Crippen molar-refractivity contribution in [1.29, 1.82) is 0 Å². The summed E-state index contributed by atoms with van der Waals surface area (Å²) in [6.07, 6.45) is 1.77. The van der Waals surface area contributed by atoms with Crippen LogP contribution in [0.25, 0.3) is 11.4 Å². The molecule has 1 fully saturated rings. The number of rotatable bonds is 2. The largest absolute Gasteiger partial charge is 0.378 e. The molecule has 1 aliphatic heterocycles. The van der Waals surface area contributed by atoms with Crippen molar-refractivity contribution in [3.63, 3.8) is 0 Å². The fourth-order valence-electron chi connectivity index (χ4n) is 2.12. The summed E-state index contributed by atoms with van der Waals surface area (Å²) in [6.45, 7) is 4.17. The van der Waals surface area contributed by atoms with Crippen molar-refractivity contribution in [2.45, 2.75) is 13.0 Å². The Hall–Kier alpha value is -1.85. The molecular formula is C14H16N4O. The molecule has 98 valence electrons. The van der Waals surface area contributed by atoms with Crippen LogP contribution in [0, 0.1) is 6.92 Å². The van der Waals surface area contributed by atoms with Crippen molar-refractivity contribution in [1.82, 2.24) is 20.3 Å². The molecule has 19 heavy (non-hydrogen) atoms. The Bertz CT molecular complexity index is 553. The van der Waals surface area contributed by atoms with Gasteiger partial charge in [-0.15, -0.1) is 0 Å². The molecular weight excluding hydrogens is 240 g/mol. The van der Waals surface area contributed by atoms with Gasteiger partial charge in [0.1, 0.15) is 5.82 Å². The average molecular weight is 256 g/mol. The summed E-state index contributed by atoms with van der Waals surface area (Å²) in [5, 5.41) is 3.37. The van der Waals surface area contributed by atoms with E-state index >= 15 is 0 Å². The lowest BCUT2D eigenvalue weighted by atomic mass is 10.2. The molecule has 1 unspecified atom stereocenters. The monoisotopic (exact) mass is 256 g/mol. The maximum Gasteiger partial charge on any atom is 0.148 e. The zero-order valence-electron chi connectivity index (χ0n) is 10.8. The minimum Gasteiger partial charge on any atom is -0.378 e. The van der Waals surface area contributed by atoms with E-state index < -0.39 is 0 Å². The first kappa shape index (κ1) is 12.2. The summed E-state index contributed by atoms with van der Waals surface area (Å²) >= 11 is 0. The minimum absolute atomic E-state index is 0.0658. The summed E-state index contributed by atoms with van der Waals surface area (Å²) in [7, 11) is 0. The zero-order chi connectivity index (χ0) is 13.1. The van der Waals surface area contributed by atoms with Gasteiger partial charge in [-0.05, 0) is 25.1 Å². The number of nitrogens with one attached hydrogen (secondary N) is 1. The Morgan fingerprint density at radius 1 is 1.26 bits per heavy atom. The highest BCUT2D eigenvalue weighted by atomic mass is 16.5. The number of pyridine rings is 1. The van der Waals surface area contributed by atoms with Crippen LogP contribution in [0.4, 0.5) is 0 Å². The molecule has 0 spiro atoms. The third-order valence-corrected chi connectivity index (χ3v) is 3.03. The van der Waals surface area contributed by atoms with Gasteiger partial charge in [-0.3, -0.25) is 4.98 Å². The van der Waals surface area contributed by atoms with E-state index in [1.807, 2.05) is 31.2 Å². The van der Waals surface area contributed by atoms with Crippen molar-refractivity contribution >= 4 is 0 Å². The molecule has 0 radical (unpaired) electrons. The summed E-state index contributed by atoms with van der Waals surface area (Å²) in [5.41, 5.74) is 2.67. The smallest absolute Gasteiger partial charge is 0.148 e. The fourth-order valence-corrected chi connectivity index (χ4v) is 2.12. The van der Waals surface area contributed by atoms with Crippen LogP contribution < -0.4 is 5.32 Å². The van der Waals surface area contributed by atoms with Gasteiger partial charge in [-0.2, -0.15) is 0 Å². The predicted molar refractivity (Wildman–Crippen MR) is 71.6 cm³/mol. The van der Waals surface area contributed by atoms with Crippen LogP contribution in [0.15, 0.2) is 30.5 Å². The molecule has 3 rings (SSSR count). The van der Waals surface area contributed by atoms with Crippen molar-refractivity contribution < 1.29 is 4.74 Å². The van der Waals surface area contributed by atoms with Crippen molar-refractivity contribution in [2.75, 3.05) is 19.8 Å². The maximum atomic E-state index is 5.46. The molecule has 2 aromatic rings. The number of hydrogen-bond acceptors (Lipinski definition) is 5. The summed E-state index contributed by atoms with van der Waals surface area (Å²) in [4.78, 5) is 13.4. The Morgan fingerprint density at radius 3 is 2.95 bits per heavy atom. The molecule has 3 heterocycles. The zero-order valence-corrected chi connectivity index (χ0v) is 10.8. The number of aryl methyl sites for hydroxylation is 1. The highest BCUT2D eigenvalue weighted by Gasteiger charge is 2.19. The van der Waals surface area contributed by atoms with Crippen LogP contribution >= 0.6 is 0 Å². The van der Waals surface area contributed by atoms with Gasteiger partial charge in [0.2, 0.25) is 0 Å². The number of morpholine rings is 1. The molecule has 0 bridgehead atoms. The third-order valence-electron chi connectivity index (χ3n) is 3.03. The second kappa shape index (κ2) is 5.42. The first-order chi connectivity index (χ1) is 9.33. The maximum absolute atomic E-state index is 5.46.